The lowest BCUT2D eigenvalue weighted by Gasteiger charge is -2.23. The molecule has 0 spiro atoms. The number of carbonyl (C=O) groups is 1. The van der Waals surface area contributed by atoms with Crippen molar-refractivity contribution in [3.8, 4) is 5.75 Å². The molecule has 0 aliphatic heterocycles. The van der Waals surface area contributed by atoms with Crippen LogP contribution in [0.4, 0.5) is 10.5 Å². The standard InChI is InChI=1S/C17H21N3O2/c1-19-11-3-4-15(19)12-20(14-7-8-14)17(21)18-13-5-9-16(22-2)10-6-13/h3-6,9-11,14H,7-8,12H2,1-2H3,(H,18,21). The van der Waals surface area contributed by atoms with Gasteiger partial charge in [-0.15, -0.1) is 0 Å². The smallest absolute Gasteiger partial charge is 0.322 e. The van der Waals surface area contributed by atoms with Crippen LogP contribution in [0.5, 0.6) is 5.75 Å². The van der Waals surface area contributed by atoms with Crippen LogP contribution in [0.3, 0.4) is 0 Å². The van der Waals surface area contributed by atoms with Crippen molar-refractivity contribution < 1.29 is 9.53 Å². The van der Waals surface area contributed by atoms with Crippen LogP contribution in [0.1, 0.15) is 18.5 Å². The lowest BCUT2D eigenvalue weighted by atomic mass is 10.3. The van der Waals surface area contributed by atoms with Gasteiger partial charge in [-0.05, 0) is 49.2 Å². The van der Waals surface area contributed by atoms with Gasteiger partial charge in [0.1, 0.15) is 5.75 Å². The van der Waals surface area contributed by atoms with Crippen molar-refractivity contribution in [1.29, 1.82) is 0 Å². The molecule has 116 valence electrons. The van der Waals surface area contributed by atoms with Crippen LogP contribution in [0.15, 0.2) is 42.6 Å². The van der Waals surface area contributed by atoms with Crippen molar-refractivity contribution >= 4 is 11.7 Å². The molecule has 3 rings (SSSR count). The number of hydrogen-bond acceptors (Lipinski definition) is 2. The number of aromatic nitrogens is 1. The van der Waals surface area contributed by atoms with Gasteiger partial charge in [-0.1, -0.05) is 0 Å². The normalized spacial score (nSPS) is 13.7. The molecule has 5 heteroatoms. The topological polar surface area (TPSA) is 46.5 Å². The zero-order chi connectivity index (χ0) is 15.5. The van der Waals surface area contributed by atoms with Crippen LogP contribution in [-0.2, 0) is 13.6 Å². The summed E-state index contributed by atoms with van der Waals surface area (Å²) in [6.07, 6.45) is 4.17. The molecule has 1 saturated carbocycles. The molecule has 0 saturated heterocycles. The second-order valence-corrected chi connectivity index (χ2v) is 5.63. The van der Waals surface area contributed by atoms with Crippen LogP contribution in [0, 0.1) is 0 Å². The van der Waals surface area contributed by atoms with E-state index in [0.717, 1.165) is 30.0 Å². The Morgan fingerprint density at radius 2 is 2.05 bits per heavy atom. The summed E-state index contributed by atoms with van der Waals surface area (Å²) in [5.74, 6) is 0.779. The van der Waals surface area contributed by atoms with Gasteiger partial charge in [-0.25, -0.2) is 4.79 Å². The number of benzene rings is 1. The van der Waals surface area contributed by atoms with E-state index in [2.05, 4.69) is 16.0 Å². The number of nitrogens with one attached hydrogen (secondary N) is 1. The van der Waals surface area contributed by atoms with Gasteiger partial charge < -0.3 is 19.5 Å². The summed E-state index contributed by atoms with van der Waals surface area (Å²) in [6.45, 7) is 0.635. The fraction of sp³-hybridized carbons (Fsp3) is 0.353. The van der Waals surface area contributed by atoms with E-state index in [-0.39, 0.29) is 6.03 Å². The maximum atomic E-state index is 12.6. The van der Waals surface area contributed by atoms with Gasteiger partial charge in [0, 0.05) is 30.7 Å². The summed E-state index contributed by atoms with van der Waals surface area (Å²) in [6, 6.07) is 11.7. The van der Waals surface area contributed by atoms with E-state index < -0.39 is 0 Å². The number of aryl methyl sites for hydroxylation is 1. The Balaban J connectivity index is 1.68. The Labute approximate surface area is 130 Å². The van der Waals surface area contributed by atoms with Crippen LogP contribution in [-0.4, -0.2) is 28.6 Å². The highest BCUT2D eigenvalue weighted by atomic mass is 16.5. The molecular weight excluding hydrogens is 278 g/mol. The van der Waals surface area contributed by atoms with Crippen LogP contribution in [0.25, 0.3) is 0 Å². The second kappa shape index (κ2) is 6.13. The third-order valence-corrected chi connectivity index (χ3v) is 3.97. The molecule has 0 unspecified atom stereocenters. The summed E-state index contributed by atoms with van der Waals surface area (Å²) < 4.78 is 7.18. The van der Waals surface area contributed by atoms with E-state index in [9.17, 15) is 4.79 Å². The minimum absolute atomic E-state index is 0.0473. The number of rotatable bonds is 5. The number of methoxy groups -OCH3 is 1. The highest BCUT2D eigenvalue weighted by Crippen LogP contribution is 2.29. The molecule has 1 aliphatic rings. The van der Waals surface area contributed by atoms with Gasteiger partial charge in [-0.3, -0.25) is 0 Å². The lowest BCUT2D eigenvalue weighted by molar-refractivity contribution is 0.205. The van der Waals surface area contributed by atoms with Crippen LogP contribution < -0.4 is 10.1 Å². The first-order chi connectivity index (χ1) is 10.7. The van der Waals surface area contributed by atoms with Gasteiger partial charge in [0.25, 0.3) is 0 Å². The molecule has 0 bridgehead atoms. The fourth-order valence-electron chi connectivity index (χ4n) is 2.46. The molecule has 1 heterocycles. The molecule has 1 aliphatic carbocycles. The van der Waals surface area contributed by atoms with E-state index in [1.807, 2.05) is 48.5 Å². The van der Waals surface area contributed by atoms with Crippen LogP contribution in [0.2, 0.25) is 0 Å². The van der Waals surface area contributed by atoms with Crippen molar-refractivity contribution in [3.05, 3.63) is 48.3 Å². The molecule has 1 aromatic carbocycles. The van der Waals surface area contributed by atoms with E-state index in [1.54, 1.807) is 7.11 Å². The van der Waals surface area contributed by atoms with Crippen molar-refractivity contribution in [2.75, 3.05) is 12.4 Å². The third-order valence-electron chi connectivity index (χ3n) is 3.97. The Morgan fingerprint density at radius 3 is 2.59 bits per heavy atom. The van der Waals surface area contributed by atoms with E-state index in [4.69, 9.17) is 4.74 Å². The average molecular weight is 299 g/mol. The first-order valence-electron chi connectivity index (χ1n) is 7.49. The Morgan fingerprint density at radius 1 is 1.32 bits per heavy atom. The number of ether oxygens (including phenoxy) is 1. The Hall–Kier alpha value is -2.43. The zero-order valence-corrected chi connectivity index (χ0v) is 13.0. The molecule has 0 atom stereocenters. The predicted molar refractivity (Wildman–Crippen MR) is 86.0 cm³/mol. The molecule has 1 aromatic heterocycles. The number of anilines is 1. The van der Waals surface area contributed by atoms with Crippen molar-refractivity contribution in [2.24, 2.45) is 7.05 Å². The molecule has 1 N–H and O–H groups in total. The number of hydrogen-bond donors (Lipinski definition) is 1. The minimum Gasteiger partial charge on any atom is -0.497 e. The minimum atomic E-state index is -0.0473. The van der Waals surface area contributed by atoms with Gasteiger partial charge in [0.15, 0.2) is 0 Å². The summed E-state index contributed by atoms with van der Waals surface area (Å²) in [4.78, 5) is 14.5. The Bertz CT molecular complexity index is 644. The highest BCUT2D eigenvalue weighted by Gasteiger charge is 2.33. The number of amides is 2. The van der Waals surface area contributed by atoms with Gasteiger partial charge in [0.2, 0.25) is 0 Å². The summed E-state index contributed by atoms with van der Waals surface area (Å²) >= 11 is 0. The monoisotopic (exact) mass is 299 g/mol. The fourth-order valence-corrected chi connectivity index (χ4v) is 2.46. The van der Waals surface area contributed by atoms with Crippen molar-refractivity contribution in [1.82, 2.24) is 9.47 Å². The van der Waals surface area contributed by atoms with Crippen molar-refractivity contribution in [2.45, 2.75) is 25.4 Å². The quantitative estimate of drug-likeness (QED) is 0.921. The molecule has 2 aromatic rings. The first kappa shape index (κ1) is 14.5. The van der Waals surface area contributed by atoms with E-state index in [0.29, 0.717) is 12.6 Å². The van der Waals surface area contributed by atoms with E-state index in [1.165, 1.54) is 0 Å². The van der Waals surface area contributed by atoms with Crippen LogP contribution >= 0.6 is 0 Å². The number of nitrogens with zero attached hydrogens (tertiary/aromatic N) is 2. The molecular formula is C17H21N3O2. The summed E-state index contributed by atoms with van der Waals surface area (Å²) in [5.41, 5.74) is 1.92. The largest absolute Gasteiger partial charge is 0.497 e. The second-order valence-electron chi connectivity index (χ2n) is 5.63. The summed E-state index contributed by atoms with van der Waals surface area (Å²) in [5, 5.41) is 2.97. The molecule has 22 heavy (non-hydrogen) atoms. The maximum Gasteiger partial charge on any atom is 0.322 e. The molecule has 5 nitrogen and oxygen atoms in total. The van der Waals surface area contributed by atoms with E-state index >= 15 is 0 Å². The SMILES string of the molecule is COc1ccc(NC(=O)N(Cc2cccn2C)C2CC2)cc1. The third kappa shape index (κ3) is 3.24. The number of carbonyl (C=O) groups excluding carboxylic acids is 1. The van der Waals surface area contributed by atoms with Gasteiger partial charge in [0.05, 0.1) is 13.7 Å². The Kier molecular flexibility index (Phi) is 4.04. The lowest BCUT2D eigenvalue weighted by Crippen LogP contribution is -2.36. The average Bonchev–Trinajstić information content (AvgIpc) is 3.28. The zero-order valence-electron chi connectivity index (χ0n) is 13.0. The maximum absolute atomic E-state index is 12.6. The molecule has 2 amide bonds. The number of urea groups is 1. The highest BCUT2D eigenvalue weighted by molar-refractivity contribution is 5.89. The van der Waals surface area contributed by atoms with Gasteiger partial charge in [-0.2, -0.15) is 0 Å². The summed E-state index contributed by atoms with van der Waals surface area (Å²) in [7, 11) is 3.63. The van der Waals surface area contributed by atoms with Crippen molar-refractivity contribution in [3.63, 3.8) is 0 Å². The predicted octanol–water partition coefficient (Wildman–Crippen LogP) is 3.23. The molecule has 0 radical (unpaired) electrons. The first-order valence-corrected chi connectivity index (χ1v) is 7.49. The van der Waals surface area contributed by atoms with Gasteiger partial charge >= 0.3 is 6.03 Å². The molecule has 1 fully saturated rings.